The predicted octanol–water partition coefficient (Wildman–Crippen LogP) is 3.42. The molecule has 2 rings (SSSR count). The third kappa shape index (κ3) is 3.31. The van der Waals surface area contributed by atoms with E-state index in [1.54, 1.807) is 12.1 Å². The highest BCUT2D eigenvalue weighted by molar-refractivity contribution is 9.11. The van der Waals surface area contributed by atoms with Crippen LogP contribution in [0.3, 0.4) is 0 Å². The Morgan fingerprint density at radius 3 is 2.55 bits per heavy atom. The highest BCUT2D eigenvalue weighted by Crippen LogP contribution is 2.29. The lowest BCUT2D eigenvalue weighted by atomic mass is 10.3. The standard InChI is InChI=1S/C12H10Br2N2O3S/c1-19-12-3-2-8(6-9(12)13)20(17,18)16-11-4-5-15-7-10(11)14/h2-7H,1H3,(H,15,16). The zero-order chi connectivity index (χ0) is 14.8. The lowest BCUT2D eigenvalue weighted by molar-refractivity contribution is 0.411. The molecule has 0 fully saturated rings. The van der Waals surface area contributed by atoms with Crippen molar-refractivity contribution in [2.24, 2.45) is 0 Å². The lowest BCUT2D eigenvalue weighted by Gasteiger charge is -2.10. The van der Waals surface area contributed by atoms with Crippen LogP contribution in [0, 0.1) is 0 Å². The number of pyridine rings is 1. The maximum absolute atomic E-state index is 12.3. The number of anilines is 1. The predicted molar refractivity (Wildman–Crippen MR) is 83.4 cm³/mol. The van der Waals surface area contributed by atoms with Crippen LogP contribution in [0.15, 0.2) is 50.5 Å². The minimum absolute atomic E-state index is 0.133. The largest absolute Gasteiger partial charge is 0.496 e. The summed E-state index contributed by atoms with van der Waals surface area (Å²) in [5.74, 6) is 0.564. The Morgan fingerprint density at radius 2 is 1.95 bits per heavy atom. The molecule has 0 unspecified atom stereocenters. The van der Waals surface area contributed by atoms with Crippen LogP contribution in [-0.2, 0) is 10.0 Å². The monoisotopic (exact) mass is 420 g/mol. The molecule has 0 saturated heterocycles. The molecule has 0 saturated carbocycles. The number of nitrogens with zero attached hydrogens (tertiary/aromatic N) is 1. The van der Waals surface area contributed by atoms with Crippen LogP contribution in [0.5, 0.6) is 5.75 Å². The third-order valence-corrected chi connectivity index (χ3v) is 5.07. The van der Waals surface area contributed by atoms with Crippen molar-refractivity contribution in [1.29, 1.82) is 0 Å². The summed E-state index contributed by atoms with van der Waals surface area (Å²) in [4.78, 5) is 4.01. The fraction of sp³-hybridized carbons (Fsp3) is 0.0833. The van der Waals surface area contributed by atoms with Crippen molar-refractivity contribution in [3.63, 3.8) is 0 Å². The van der Waals surface area contributed by atoms with Gasteiger partial charge in [-0.05, 0) is 56.1 Å². The molecular weight excluding hydrogens is 412 g/mol. The van der Waals surface area contributed by atoms with Gasteiger partial charge in [0.2, 0.25) is 0 Å². The van der Waals surface area contributed by atoms with Gasteiger partial charge in [0.05, 0.1) is 26.6 Å². The number of aromatic nitrogens is 1. The Kier molecular flexibility index (Phi) is 4.66. The lowest BCUT2D eigenvalue weighted by Crippen LogP contribution is -2.13. The smallest absolute Gasteiger partial charge is 0.261 e. The molecule has 0 amide bonds. The quantitative estimate of drug-likeness (QED) is 0.821. The van der Waals surface area contributed by atoms with E-state index in [4.69, 9.17) is 4.74 Å². The zero-order valence-electron chi connectivity index (χ0n) is 10.3. The number of methoxy groups -OCH3 is 1. The Balaban J connectivity index is 2.36. The number of halogens is 2. The molecule has 5 nitrogen and oxygen atoms in total. The van der Waals surface area contributed by atoms with Crippen LogP contribution in [0.4, 0.5) is 5.69 Å². The summed E-state index contributed by atoms with van der Waals surface area (Å²) in [5, 5.41) is 0. The molecule has 2 aromatic rings. The molecule has 1 heterocycles. The fourth-order valence-electron chi connectivity index (χ4n) is 1.48. The Morgan fingerprint density at radius 1 is 1.20 bits per heavy atom. The Bertz CT molecular complexity index is 735. The van der Waals surface area contributed by atoms with Crippen LogP contribution in [-0.4, -0.2) is 20.5 Å². The van der Waals surface area contributed by atoms with Gasteiger partial charge >= 0.3 is 0 Å². The summed E-state index contributed by atoms with van der Waals surface area (Å²) in [5.41, 5.74) is 0.423. The maximum atomic E-state index is 12.3. The van der Waals surface area contributed by atoms with E-state index >= 15 is 0 Å². The van der Waals surface area contributed by atoms with E-state index in [-0.39, 0.29) is 4.90 Å². The molecule has 1 N–H and O–H groups in total. The van der Waals surface area contributed by atoms with Crippen LogP contribution >= 0.6 is 31.9 Å². The first-order chi connectivity index (χ1) is 9.44. The number of sulfonamides is 1. The number of rotatable bonds is 4. The van der Waals surface area contributed by atoms with E-state index in [1.807, 2.05) is 0 Å². The average Bonchev–Trinajstić information content (AvgIpc) is 2.41. The Hall–Kier alpha value is -1.12. The summed E-state index contributed by atoms with van der Waals surface area (Å²) in [7, 11) is -2.16. The molecule has 0 spiro atoms. The maximum Gasteiger partial charge on any atom is 0.261 e. The summed E-state index contributed by atoms with van der Waals surface area (Å²) in [6.45, 7) is 0. The molecule has 0 aliphatic rings. The van der Waals surface area contributed by atoms with Crippen LogP contribution in [0.1, 0.15) is 0 Å². The molecule has 0 aliphatic heterocycles. The molecule has 1 aromatic heterocycles. The molecule has 0 aliphatic carbocycles. The van der Waals surface area contributed by atoms with Gasteiger partial charge in [-0.3, -0.25) is 9.71 Å². The van der Waals surface area contributed by atoms with E-state index in [0.29, 0.717) is 20.4 Å². The molecule has 20 heavy (non-hydrogen) atoms. The fourth-order valence-corrected chi connectivity index (χ4v) is 3.75. The van der Waals surface area contributed by atoms with Crippen LogP contribution < -0.4 is 9.46 Å². The zero-order valence-corrected chi connectivity index (χ0v) is 14.3. The number of hydrogen-bond donors (Lipinski definition) is 1. The van der Waals surface area contributed by atoms with Crippen molar-refractivity contribution in [2.75, 3.05) is 11.8 Å². The van der Waals surface area contributed by atoms with E-state index in [1.165, 1.54) is 31.6 Å². The average molecular weight is 422 g/mol. The van der Waals surface area contributed by atoms with E-state index in [9.17, 15) is 8.42 Å². The van der Waals surface area contributed by atoms with E-state index in [2.05, 4.69) is 41.6 Å². The second-order valence-electron chi connectivity index (χ2n) is 3.76. The minimum atomic E-state index is -3.68. The van der Waals surface area contributed by atoms with Crippen molar-refractivity contribution in [1.82, 2.24) is 4.98 Å². The van der Waals surface area contributed by atoms with Gasteiger partial charge in [0, 0.05) is 12.4 Å². The molecule has 0 atom stereocenters. The summed E-state index contributed by atoms with van der Waals surface area (Å²) >= 11 is 6.50. The van der Waals surface area contributed by atoms with Gasteiger partial charge in [-0.2, -0.15) is 0 Å². The van der Waals surface area contributed by atoms with Gasteiger partial charge in [-0.1, -0.05) is 0 Å². The first-order valence-electron chi connectivity index (χ1n) is 5.40. The second-order valence-corrected chi connectivity index (χ2v) is 7.15. The molecule has 8 heteroatoms. The highest BCUT2D eigenvalue weighted by Gasteiger charge is 2.17. The number of ether oxygens (including phenoxy) is 1. The normalized spacial score (nSPS) is 11.2. The van der Waals surface area contributed by atoms with Gasteiger partial charge < -0.3 is 4.74 Å². The number of benzene rings is 1. The van der Waals surface area contributed by atoms with Gasteiger partial charge in [0.1, 0.15) is 5.75 Å². The van der Waals surface area contributed by atoms with Crippen molar-refractivity contribution in [3.05, 3.63) is 45.6 Å². The first-order valence-corrected chi connectivity index (χ1v) is 8.47. The topological polar surface area (TPSA) is 68.3 Å². The Labute approximate surface area is 133 Å². The highest BCUT2D eigenvalue weighted by atomic mass is 79.9. The summed E-state index contributed by atoms with van der Waals surface area (Å²) in [6.07, 6.45) is 3.02. The summed E-state index contributed by atoms with van der Waals surface area (Å²) < 4.78 is 33.3. The van der Waals surface area contributed by atoms with Crippen LogP contribution in [0.2, 0.25) is 0 Å². The SMILES string of the molecule is COc1ccc(S(=O)(=O)Nc2ccncc2Br)cc1Br. The van der Waals surface area contributed by atoms with Crippen molar-refractivity contribution < 1.29 is 13.2 Å². The van der Waals surface area contributed by atoms with Crippen molar-refractivity contribution in [2.45, 2.75) is 4.90 Å². The number of hydrogen-bond acceptors (Lipinski definition) is 4. The number of nitrogens with one attached hydrogen (secondary N) is 1. The molecule has 0 radical (unpaired) electrons. The second kappa shape index (κ2) is 6.11. The third-order valence-electron chi connectivity index (χ3n) is 2.45. The summed E-state index contributed by atoms with van der Waals surface area (Å²) in [6, 6.07) is 6.11. The molecule has 106 valence electrons. The van der Waals surface area contributed by atoms with Gasteiger partial charge in [0.25, 0.3) is 10.0 Å². The van der Waals surface area contributed by atoms with Crippen molar-refractivity contribution >= 4 is 47.6 Å². The van der Waals surface area contributed by atoms with E-state index in [0.717, 1.165) is 0 Å². The minimum Gasteiger partial charge on any atom is -0.496 e. The molecule has 1 aromatic carbocycles. The van der Waals surface area contributed by atoms with E-state index < -0.39 is 10.0 Å². The van der Waals surface area contributed by atoms with Gasteiger partial charge in [0.15, 0.2) is 0 Å². The molecular formula is C12H10Br2N2O3S. The van der Waals surface area contributed by atoms with Gasteiger partial charge in [-0.25, -0.2) is 8.42 Å². The van der Waals surface area contributed by atoms with Crippen molar-refractivity contribution in [3.8, 4) is 5.75 Å². The van der Waals surface area contributed by atoms with Crippen LogP contribution in [0.25, 0.3) is 0 Å². The first kappa shape index (κ1) is 15.3. The molecule has 0 bridgehead atoms. The van der Waals surface area contributed by atoms with Gasteiger partial charge in [-0.15, -0.1) is 0 Å².